The molecule has 7 nitrogen and oxygen atoms in total. The molecule has 2 aromatic carbocycles. The minimum absolute atomic E-state index is 0.0149. The molecule has 1 saturated heterocycles. The molecule has 0 atom stereocenters. The Bertz CT molecular complexity index is 1360. The predicted molar refractivity (Wildman–Crippen MR) is 135 cm³/mol. The summed E-state index contributed by atoms with van der Waals surface area (Å²) in [4.78, 5) is 26.7. The van der Waals surface area contributed by atoms with Crippen molar-refractivity contribution < 1.29 is 4.79 Å². The Morgan fingerprint density at radius 3 is 2.35 bits per heavy atom. The van der Waals surface area contributed by atoms with E-state index in [9.17, 15) is 4.79 Å². The van der Waals surface area contributed by atoms with Crippen LogP contribution in [-0.4, -0.2) is 56.7 Å². The molecule has 3 heterocycles. The highest BCUT2D eigenvalue weighted by Crippen LogP contribution is 2.31. The number of aromatic nitrogens is 4. The summed E-state index contributed by atoms with van der Waals surface area (Å²) >= 11 is 12.4. The minimum atomic E-state index is 0.0149. The van der Waals surface area contributed by atoms with Crippen molar-refractivity contribution in [1.29, 1.82) is 0 Å². The van der Waals surface area contributed by atoms with Crippen molar-refractivity contribution in [2.45, 2.75) is 20.3 Å². The van der Waals surface area contributed by atoms with Crippen molar-refractivity contribution in [2.24, 2.45) is 0 Å². The highest BCUT2D eigenvalue weighted by Gasteiger charge is 2.27. The average Bonchev–Trinajstić information content (AvgIpc) is 3.20. The van der Waals surface area contributed by atoms with Crippen LogP contribution in [0.5, 0.6) is 0 Å². The number of fused-ring (bicyclic) bond motifs is 1. The maximum Gasteiger partial charge on any atom is 0.253 e. The van der Waals surface area contributed by atoms with Gasteiger partial charge in [0.05, 0.1) is 21.8 Å². The second-order valence-electron chi connectivity index (χ2n) is 8.25. The molecular weight excluding hydrogens is 471 g/mol. The molecule has 1 aliphatic rings. The number of amides is 1. The molecule has 4 aromatic rings. The zero-order valence-electron chi connectivity index (χ0n) is 19.0. The maximum atomic E-state index is 12.9. The Morgan fingerprint density at radius 2 is 1.68 bits per heavy atom. The lowest BCUT2D eigenvalue weighted by molar-refractivity contribution is 0.0746. The van der Waals surface area contributed by atoms with Gasteiger partial charge < -0.3 is 9.80 Å². The van der Waals surface area contributed by atoms with E-state index in [2.05, 4.69) is 4.90 Å². The van der Waals surface area contributed by atoms with E-state index < -0.39 is 0 Å². The molecule has 0 N–H and O–H groups in total. The van der Waals surface area contributed by atoms with Crippen LogP contribution in [0, 0.1) is 6.92 Å². The van der Waals surface area contributed by atoms with Crippen molar-refractivity contribution in [2.75, 3.05) is 31.1 Å². The van der Waals surface area contributed by atoms with Gasteiger partial charge in [0.25, 0.3) is 5.91 Å². The molecule has 1 amide bonds. The minimum Gasteiger partial charge on any atom is -0.352 e. The summed E-state index contributed by atoms with van der Waals surface area (Å²) in [5.41, 5.74) is 3.01. The van der Waals surface area contributed by atoms with Crippen molar-refractivity contribution in [3.05, 3.63) is 75.7 Å². The molecule has 0 aliphatic carbocycles. The summed E-state index contributed by atoms with van der Waals surface area (Å²) in [5.74, 6) is 1.62. The number of rotatable bonds is 4. The van der Waals surface area contributed by atoms with Crippen LogP contribution in [0.3, 0.4) is 0 Å². The fourth-order valence-electron chi connectivity index (χ4n) is 4.28. The number of piperazine rings is 1. The Kier molecular flexibility index (Phi) is 6.15. The number of halogens is 2. The monoisotopic (exact) mass is 494 g/mol. The van der Waals surface area contributed by atoms with E-state index in [-0.39, 0.29) is 5.91 Å². The zero-order chi connectivity index (χ0) is 23.8. The van der Waals surface area contributed by atoms with Gasteiger partial charge in [0.2, 0.25) is 0 Å². The maximum absolute atomic E-state index is 12.9. The van der Waals surface area contributed by atoms with Crippen LogP contribution in [0.4, 0.5) is 5.82 Å². The number of carbonyl (C=O) groups is 1. The smallest absolute Gasteiger partial charge is 0.253 e. The molecule has 5 rings (SSSR count). The predicted octanol–water partition coefficient (Wildman–Crippen LogP) is 4.96. The highest BCUT2D eigenvalue weighted by molar-refractivity contribution is 6.32. The van der Waals surface area contributed by atoms with E-state index in [4.69, 9.17) is 38.3 Å². The number of benzene rings is 2. The summed E-state index contributed by atoms with van der Waals surface area (Å²) in [6.07, 6.45) is 0.699. The van der Waals surface area contributed by atoms with E-state index in [1.807, 2.05) is 43.0 Å². The van der Waals surface area contributed by atoms with E-state index >= 15 is 0 Å². The second kappa shape index (κ2) is 9.24. The van der Waals surface area contributed by atoms with E-state index in [0.29, 0.717) is 48.2 Å². The van der Waals surface area contributed by atoms with Gasteiger partial charge in [-0.05, 0) is 43.3 Å². The summed E-state index contributed by atoms with van der Waals surface area (Å²) < 4.78 is 1.80. The standard InChI is InChI=1S/C25H24Cl2N6O/c1-3-21-28-23(22-16(2)30-33(24(22)29-21)20-7-5-4-6-19(20)27)31-12-14-32(15-13-31)25(34)17-8-10-18(26)11-9-17/h4-11H,3,12-15H2,1-2H3. The van der Waals surface area contributed by atoms with Gasteiger partial charge in [-0.1, -0.05) is 42.3 Å². The molecule has 174 valence electrons. The van der Waals surface area contributed by atoms with Crippen molar-refractivity contribution in [3.8, 4) is 5.69 Å². The molecule has 0 saturated carbocycles. The van der Waals surface area contributed by atoms with Crippen LogP contribution >= 0.6 is 23.2 Å². The molecule has 0 bridgehead atoms. The van der Waals surface area contributed by atoms with Crippen LogP contribution in [0.1, 0.15) is 28.8 Å². The Labute approximate surface area is 207 Å². The summed E-state index contributed by atoms with van der Waals surface area (Å²) in [6, 6.07) is 14.6. The molecule has 1 aliphatic heterocycles. The van der Waals surface area contributed by atoms with E-state index in [1.54, 1.807) is 28.9 Å². The Balaban J connectivity index is 1.47. The van der Waals surface area contributed by atoms with Crippen molar-refractivity contribution in [1.82, 2.24) is 24.6 Å². The average molecular weight is 495 g/mol. The lowest BCUT2D eigenvalue weighted by Crippen LogP contribution is -2.49. The van der Waals surface area contributed by atoms with Crippen LogP contribution < -0.4 is 4.90 Å². The fraction of sp³-hybridized carbons (Fsp3) is 0.280. The van der Waals surface area contributed by atoms with Crippen LogP contribution in [-0.2, 0) is 6.42 Å². The number of hydrogen-bond donors (Lipinski definition) is 0. The number of para-hydroxylation sites is 1. The first-order valence-electron chi connectivity index (χ1n) is 11.3. The van der Waals surface area contributed by atoms with Crippen molar-refractivity contribution >= 4 is 46.0 Å². The van der Waals surface area contributed by atoms with Gasteiger partial charge in [-0.2, -0.15) is 5.10 Å². The Hall–Kier alpha value is -3.16. The van der Waals surface area contributed by atoms with Gasteiger partial charge in [-0.15, -0.1) is 0 Å². The number of anilines is 1. The number of carbonyl (C=O) groups excluding carboxylic acids is 1. The lowest BCUT2D eigenvalue weighted by Gasteiger charge is -2.35. The molecule has 1 fully saturated rings. The topological polar surface area (TPSA) is 67.2 Å². The number of nitrogens with zero attached hydrogens (tertiary/aromatic N) is 6. The normalized spacial score (nSPS) is 14.1. The van der Waals surface area contributed by atoms with E-state index in [0.717, 1.165) is 34.1 Å². The molecule has 2 aromatic heterocycles. The molecule has 0 unspecified atom stereocenters. The fourth-order valence-corrected chi connectivity index (χ4v) is 4.62. The third-order valence-corrected chi connectivity index (χ3v) is 6.66. The number of aryl methyl sites for hydroxylation is 2. The van der Waals surface area contributed by atoms with Gasteiger partial charge in [0, 0.05) is 43.2 Å². The first-order valence-corrected chi connectivity index (χ1v) is 12.0. The van der Waals surface area contributed by atoms with Crippen LogP contribution in [0.25, 0.3) is 16.7 Å². The van der Waals surface area contributed by atoms with Crippen molar-refractivity contribution in [3.63, 3.8) is 0 Å². The molecular formula is C25H24Cl2N6O. The first-order chi connectivity index (χ1) is 16.5. The van der Waals surface area contributed by atoms with Gasteiger partial charge in [-0.25, -0.2) is 14.6 Å². The quantitative estimate of drug-likeness (QED) is 0.401. The third-order valence-electron chi connectivity index (χ3n) is 6.08. The molecule has 0 radical (unpaired) electrons. The summed E-state index contributed by atoms with van der Waals surface area (Å²) in [6.45, 7) is 6.56. The van der Waals surface area contributed by atoms with Gasteiger partial charge in [0.1, 0.15) is 11.6 Å². The second-order valence-corrected chi connectivity index (χ2v) is 9.09. The number of hydrogen-bond acceptors (Lipinski definition) is 5. The summed E-state index contributed by atoms with van der Waals surface area (Å²) in [5, 5.41) is 6.91. The largest absolute Gasteiger partial charge is 0.352 e. The molecule has 9 heteroatoms. The van der Waals surface area contributed by atoms with Crippen LogP contribution in [0.15, 0.2) is 48.5 Å². The summed E-state index contributed by atoms with van der Waals surface area (Å²) in [7, 11) is 0. The van der Waals surface area contributed by atoms with Gasteiger partial charge in [0.15, 0.2) is 5.65 Å². The molecule has 0 spiro atoms. The highest BCUT2D eigenvalue weighted by atomic mass is 35.5. The third kappa shape index (κ3) is 4.10. The zero-order valence-corrected chi connectivity index (χ0v) is 20.5. The Morgan fingerprint density at radius 1 is 0.971 bits per heavy atom. The molecule has 34 heavy (non-hydrogen) atoms. The van der Waals surface area contributed by atoms with Gasteiger partial charge >= 0.3 is 0 Å². The van der Waals surface area contributed by atoms with Gasteiger partial charge in [-0.3, -0.25) is 4.79 Å². The SMILES string of the molecule is CCc1nc(N2CCN(C(=O)c3ccc(Cl)cc3)CC2)c2c(C)nn(-c3ccccc3Cl)c2n1. The first kappa shape index (κ1) is 22.6. The van der Waals surface area contributed by atoms with E-state index in [1.165, 1.54) is 0 Å². The van der Waals surface area contributed by atoms with Crippen LogP contribution in [0.2, 0.25) is 10.0 Å². The lowest BCUT2D eigenvalue weighted by atomic mass is 10.1.